The molecular formula is C15H20N4O2. The first kappa shape index (κ1) is 15.2. The van der Waals surface area contributed by atoms with Crippen LogP contribution in [0.3, 0.4) is 0 Å². The summed E-state index contributed by atoms with van der Waals surface area (Å²) in [5.41, 5.74) is 8.37. The maximum absolute atomic E-state index is 11.0. The smallest absolute Gasteiger partial charge is 0.272 e. The Bertz CT molecular complexity index is 651. The fourth-order valence-corrected chi connectivity index (χ4v) is 2.15. The Labute approximate surface area is 123 Å². The summed E-state index contributed by atoms with van der Waals surface area (Å²) >= 11 is 0. The van der Waals surface area contributed by atoms with Gasteiger partial charge in [-0.05, 0) is 12.8 Å². The van der Waals surface area contributed by atoms with Crippen molar-refractivity contribution in [1.82, 2.24) is 9.97 Å². The molecule has 2 aromatic rings. The molecule has 2 unspecified atom stereocenters. The van der Waals surface area contributed by atoms with Gasteiger partial charge in [-0.25, -0.2) is 4.98 Å². The van der Waals surface area contributed by atoms with E-state index in [1.807, 2.05) is 6.07 Å². The van der Waals surface area contributed by atoms with Gasteiger partial charge in [0.25, 0.3) is 5.69 Å². The Balaban J connectivity index is 2.34. The van der Waals surface area contributed by atoms with E-state index in [1.54, 1.807) is 25.3 Å². The van der Waals surface area contributed by atoms with Gasteiger partial charge in [0.1, 0.15) is 5.82 Å². The molecule has 21 heavy (non-hydrogen) atoms. The number of rotatable bonds is 5. The number of aromatic nitrogens is 2. The molecule has 1 heterocycles. The van der Waals surface area contributed by atoms with E-state index < -0.39 is 0 Å². The molecule has 1 aromatic carbocycles. The topological polar surface area (TPSA) is 97.8 Å². The zero-order valence-electron chi connectivity index (χ0n) is 12.5. The van der Waals surface area contributed by atoms with Crippen LogP contribution in [0.15, 0.2) is 24.4 Å². The number of H-pyrrole nitrogens is 1. The van der Waals surface area contributed by atoms with Crippen molar-refractivity contribution in [3.05, 3.63) is 45.9 Å². The van der Waals surface area contributed by atoms with E-state index in [4.69, 9.17) is 5.73 Å². The van der Waals surface area contributed by atoms with Crippen LogP contribution in [-0.2, 0) is 0 Å². The minimum absolute atomic E-state index is 0.106. The van der Waals surface area contributed by atoms with Gasteiger partial charge in [0.2, 0.25) is 0 Å². The molecule has 0 aliphatic rings. The Morgan fingerprint density at radius 2 is 2.19 bits per heavy atom. The van der Waals surface area contributed by atoms with Crippen molar-refractivity contribution in [3.8, 4) is 11.3 Å². The monoisotopic (exact) mass is 288 g/mol. The van der Waals surface area contributed by atoms with Gasteiger partial charge in [0.05, 0.1) is 22.9 Å². The van der Waals surface area contributed by atoms with Crippen molar-refractivity contribution in [2.45, 2.75) is 33.2 Å². The number of nitrogens with zero attached hydrogens (tertiary/aromatic N) is 2. The van der Waals surface area contributed by atoms with Crippen molar-refractivity contribution < 1.29 is 4.92 Å². The zero-order valence-corrected chi connectivity index (χ0v) is 12.5. The van der Waals surface area contributed by atoms with Gasteiger partial charge in [-0.3, -0.25) is 10.1 Å². The largest absolute Gasteiger partial charge is 0.341 e. The first-order chi connectivity index (χ1) is 9.93. The summed E-state index contributed by atoms with van der Waals surface area (Å²) < 4.78 is 0. The van der Waals surface area contributed by atoms with Crippen LogP contribution in [0.25, 0.3) is 11.3 Å². The second kappa shape index (κ2) is 6.05. The maximum Gasteiger partial charge on any atom is 0.272 e. The molecule has 6 heteroatoms. The highest BCUT2D eigenvalue weighted by molar-refractivity contribution is 5.63. The van der Waals surface area contributed by atoms with Gasteiger partial charge < -0.3 is 10.7 Å². The number of nitrogens with one attached hydrogen (secondary N) is 1. The fourth-order valence-electron chi connectivity index (χ4n) is 2.15. The Hall–Kier alpha value is -2.21. The van der Waals surface area contributed by atoms with Gasteiger partial charge in [-0.2, -0.15) is 0 Å². The van der Waals surface area contributed by atoms with Gasteiger partial charge in [0, 0.05) is 17.2 Å². The van der Waals surface area contributed by atoms with Crippen LogP contribution in [0.2, 0.25) is 0 Å². The minimum atomic E-state index is -0.374. The molecule has 3 N–H and O–H groups in total. The number of hydrogen-bond donors (Lipinski definition) is 2. The minimum Gasteiger partial charge on any atom is -0.341 e. The highest BCUT2D eigenvalue weighted by atomic mass is 16.6. The molecule has 0 fully saturated rings. The van der Waals surface area contributed by atoms with Crippen LogP contribution in [0.1, 0.15) is 37.7 Å². The Morgan fingerprint density at radius 3 is 2.81 bits per heavy atom. The standard InChI is InChI=1S/C15H20N4O2/c1-4-9(2)14(16)15-17-8-12(18-15)11-6-5-10(3)13(7-11)19(20)21/h5-9,14H,4,16H2,1-3H3,(H,17,18). The molecule has 0 saturated heterocycles. The van der Waals surface area contributed by atoms with Crippen LogP contribution in [-0.4, -0.2) is 14.9 Å². The highest BCUT2D eigenvalue weighted by Crippen LogP contribution is 2.27. The summed E-state index contributed by atoms with van der Waals surface area (Å²) in [4.78, 5) is 18.1. The zero-order chi connectivity index (χ0) is 15.6. The molecule has 2 rings (SSSR count). The second-order valence-electron chi connectivity index (χ2n) is 5.35. The predicted octanol–water partition coefficient (Wildman–Crippen LogP) is 3.34. The average molecular weight is 288 g/mol. The Kier molecular flexibility index (Phi) is 4.37. The highest BCUT2D eigenvalue weighted by Gasteiger charge is 2.18. The lowest BCUT2D eigenvalue weighted by atomic mass is 10.00. The number of hydrogen-bond acceptors (Lipinski definition) is 4. The molecule has 0 radical (unpaired) electrons. The summed E-state index contributed by atoms with van der Waals surface area (Å²) in [6.45, 7) is 5.88. The fraction of sp³-hybridized carbons (Fsp3) is 0.400. The maximum atomic E-state index is 11.0. The lowest BCUT2D eigenvalue weighted by Gasteiger charge is -2.15. The summed E-state index contributed by atoms with van der Waals surface area (Å²) in [5, 5.41) is 11.0. The summed E-state index contributed by atoms with van der Waals surface area (Å²) in [5.74, 6) is 1.03. The van der Waals surface area contributed by atoms with Gasteiger partial charge >= 0.3 is 0 Å². The third-order valence-electron chi connectivity index (χ3n) is 3.89. The number of aromatic amines is 1. The SMILES string of the molecule is CCC(C)C(N)c1ncc(-c2ccc(C)c([N+](=O)[O-])c2)[nH]1. The number of imidazole rings is 1. The third-order valence-corrected chi connectivity index (χ3v) is 3.89. The van der Waals surface area contributed by atoms with E-state index in [9.17, 15) is 10.1 Å². The van der Waals surface area contributed by atoms with Crippen molar-refractivity contribution in [2.24, 2.45) is 11.7 Å². The van der Waals surface area contributed by atoms with E-state index in [2.05, 4.69) is 23.8 Å². The number of nitro groups is 1. The summed E-state index contributed by atoms with van der Waals surface area (Å²) in [6.07, 6.45) is 2.64. The Morgan fingerprint density at radius 1 is 1.48 bits per heavy atom. The molecule has 112 valence electrons. The van der Waals surface area contributed by atoms with Crippen LogP contribution in [0.4, 0.5) is 5.69 Å². The van der Waals surface area contributed by atoms with E-state index in [0.29, 0.717) is 17.3 Å². The molecule has 0 saturated carbocycles. The first-order valence-corrected chi connectivity index (χ1v) is 7.00. The average Bonchev–Trinajstić information content (AvgIpc) is 2.95. The molecule has 0 amide bonds. The van der Waals surface area contributed by atoms with E-state index in [0.717, 1.165) is 17.7 Å². The predicted molar refractivity (Wildman–Crippen MR) is 81.8 cm³/mol. The second-order valence-corrected chi connectivity index (χ2v) is 5.35. The number of aryl methyl sites for hydroxylation is 1. The van der Waals surface area contributed by atoms with Crippen molar-refractivity contribution >= 4 is 5.69 Å². The quantitative estimate of drug-likeness (QED) is 0.651. The van der Waals surface area contributed by atoms with Crippen LogP contribution in [0, 0.1) is 23.0 Å². The van der Waals surface area contributed by atoms with Gasteiger partial charge in [0.15, 0.2) is 0 Å². The van der Waals surface area contributed by atoms with Crippen LogP contribution in [0.5, 0.6) is 0 Å². The van der Waals surface area contributed by atoms with E-state index in [1.165, 1.54) is 0 Å². The van der Waals surface area contributed by atoms with Crippen molar-refractivity contribution in [1.29, 1.82) is 0 Å². The molecule has 6 nitrogen and oxygen atoms in total. The van der Waals surface area contributed by atoms with E-state index in [-0.39, 0.29) is 16.7 Å². The molecular weight excluding hydrogens is 268 g/mol. The van der Waals surface area contributed by atoms with E-state index >= 15 is 0 Å². The molecule has 0 aliphatic carbocycles. The number of nitro benzene ring substituents is 1. The summed E-state index contributed by atoms with van der Waals surface area (Å²) in [6, 6.07) is 4.97. The van der Waals surface area contributed by atoms with Crippen molar-refractivity contribution in [3.63, 3.8) is 0 Å². The number of nitrogens with two attached hydrogens (primary N) is 1. The summed E-state index contributed by atoms with van der Waals surface area (Å²) in [7, 11) is 0. The number of benzene rings is 1. The van der Waals surface area contributed by atoms with Gasteiger partial charge in [-0.15, -0.1) is 0 Å². The van der Waals surface area contributed by atoms with Crippen LogP contribution >= 0.6 is 0 Å². The molecule has 1 aromatic heterocycles. The molecule has 0 spiro atoms. The van der Waals surface area contributed by atoms with Crippen LogP contribution < -0.4 is 5.73 Å². The normalized spacial score (nSPS) is 13.9. The van der Waals surface area contributed by atoms with Crippen molar-refractivity contribution in [2.75, 3.05) is 0 Å². The molecule has 0 aliphatic heterocycles. The third kappa shape index (κ3) is 3.11. The lowest BCUT2D eigenvalue weighted by molar-refractivity contribution is -0.385. The van der Waals surface area contributed by atoms with Gasteiger partial charge in [-0.1, -0.05) is 32.4 Å². The molecule has 0 bridgehead atoms. The molecule has 2 atom stereocenters. The first-order valence-electron chi connectivity index (χ1n) is 7.00. The lowest BCUT2D eigenvalue weighted by Crippen LogP contribution is -2.19.